The van der Waals surface area contributed by atoms with Crippen LogP contribution in [-0.4, -0.2) is 5.84 Å². The molecule has 3 nitrogen and oxygen atoms in total. The fourth-order valence-electron chi connectivity index (χ4n) is 0.349. The van der Waals surface area contributed by atoms with E-state index in [9.17, 15) is 0 Å². The van der Waals surface area contributed by atoms with Crippen molar-refractivity contribution in [3.63, 3.8) is 0 Å². The molecule has 0 aromatic rings. The van der Waals surface area contributed by atoms with Crippen LogP contribution in [0.1, 0.15) is 20.3 Å². The Labute approximate surface area is 55.6 Å². The minimum Gasteiger partial charge on any atom is -0.312 e. The minimum atomic E-state index is 0.696. The van der Waals surface area contributed by atoms with Crippen LogP contribution in [0.5, 0.6) is 0 Å². The van der Waals surface area contributed by atoms with E-state index in [1.807, 2.05) is 6.92 Å². The fraction of sp³-hybridized carbons (Fsp3) is 0.500. The molecule has 0 saturated heterocycles. The molecule has 0 aliphatic heterocycles. The molecule has 3 heteroatoms. The molecule has 0 aliphatic carbocycles. The summed E-state index contributed by atoms with van der Waals surface area (Å²) in [6, 6.07) is 0. The van der Waals surface area contributed by atoms with Crippen molar-refractivity contribution in [2.75, 3.05) is 0 Å². The molecule has 0 saturated carbocycles. The van der Waals surface area contributed by atoms with Gasteiger partial charge >= 0.3 is 0 Å². The van der Waals surface area contributed by atoms with E-state index in [-0.39, 0.29) is 0 Å². The van der Waals surface area contributed by atoms with Crippen molar-refractivity contribution in [3.05, 3.63) is 12.3 Å². The molecule has 9 heavy (non-hydrogen) atoms. The van der Waals surface area contributed by atoms with E-state index in [4.69, 9.17) is 5.84 Å². The summed E-state index contributed by atoms with van der Waals surface area (Å²) in [7, 11) is 0. The van der Waals surface area contributed by atoms with Gasteiger partial charge in [-0.05, 0) is 13.3 Å². The first-order valence-electron chi connectivity index (χ1n) is 2.90. The number of hydrogen-bond acceptors (Lipinski definition) is 2. The maximum absolute atomic E-state index is 5.05. The van der Waals surface area contributed by atoms with Crippen molar-refractivity contribution in [3.8, 4) is 0 Å². The summed E-state index contributed by atoms with van der Waals surface area (Å²) >= 11 is 0. The summed E-state index contributed by atoms with van der Waals surface area (Å²) in [5.41, 5.74) is 3.26. The number of allylic oxidation sites excluding steroid dienone is 1. The molecular weight excluding hydrogens is 114 g/mol. The zero-order chi connectivity index (χ0) is 7.28. The summed E-state index contributed by atoms with van der Waals surface area (Å²) in [5, 5.41) is 0. The Balaban J connectivity index is 3.79. The predicted molar refractivity (Wildman–Crippen MR) is 39.9 cm³/mol. The Morgan fingerprint density at radius 2 is 2.33 bits per heavy atom. The highest BCUT2D eigenvalue weighted by Crippen LogP contribution is 1.96. The molecule has 0 unspecified atom stereocenters. The van der Waals surface area contributed by atoms with Gasteiger partial charge in [0.15, 0.2) is 0 Å². The quantitative estimate of drug-likeness (QED) is 0.249. The van der Waals surface area contributed by atoms with Gasteiger partial charge in [0, 0.05) is 5.70 Å². The van der Waals surface area contributed by atoms with Gasteiger partial charge in [0.05, 0.1) is 0 Å². The molecule has 0 amide bonds. The van der Waals surface area contributed by atoms with E-state index in [0.29, 0.717) is 5.84 Å². The Bertz CT molecular complexity index is 126. The fourth-order valence-corrected chi connectivity index (χ4v) is 0.349. The molecule has 0 aliphatic rings. The van der Waals surface area contributed by atoms with Crippen LogP contribution in [0.3, 0.4) is 0 Å². The molecular formula is C6H13N3. The Morgan fingerprint density at radius 1 is 1.78 bits per heavy atom. The number of hydrogen-bond donors (Lipinski definition) is 2. The van der Waals surface area contributed by atoms with Gasteiger partial charge < -0.3 is 5.43 Å². The molecule has 0 rings (SSSR count). The summed E-state index contributed by atoms with van der Waals surface area (Å²) in [4.78, 5) is 4.00. The third-order valence-electron chi connectivity index (χ3n) is 0.943. The van der Waals surface area contributed by atoms with Crippen molar-refractivity contribution >= 4 is 5.84 Å². The van der Waals surface area contributed by atoms with E-state index in [1.54, 1.807) is 6.92 Å². The molecule has 0 atom stereocenters. The second kappa shape index (κ2) is 4.09. The SMILES string of the molecule is C=C(CC)N=C(C)NN. The number of nitrogens with two attached hydrogens (primary N) is 1. The van der Waals surface area contributed by atoms with Gasteiger partial charge in [-0.1, -0.05) is 13.5 Å². The lowest BCUT2D eigenvalue weighted by atomic mass is 10.4. The average Bonchev–Trinajstić information content (AvgIpc) is 1.87. The van der Waals surface area contributed by atoms with Crippen molar-refractivity contribution < 1.29 is 0 Å². The highest BCUT2D eigenvalue weighted by molar-refractivity contribution is 5.79. The van der Waals surface area contributed by atoms with Crippen molar-refractivity contribution in [1.29, 1.82) is 0 Å². The molecule has 0 bridgehead atoms. The van der Waals surface area contributed by atoms with Crippen LogP contribution in [-0.2, 0) is 0 Å². The summed E-state index contributed by atoms with van der Waals surface area (Å²) in [6.45, 7) is 7.47. The van der Waals surface area contributed by atoms with E-state index in [1.165, 1.54) is 0 Å². The second-order valence-corrected chi connectivity index (χ2v) is 1.76. The standard InChI is InChI=1S/C6H13N3/c1-4-5(2)8-6(3)9-7/h2,4,7H2,1,3H3,(H,8,9). The molecule has 0 spiro atoms. The molecule has 0 aromatic heterocycles. The summed E-state index contributed by atoms with van der Waals surface area (Å²) in [5.74, 6) is 5.75. The van der Waals surface area contributed by atoms with Gasteiger partial charge in [0.2, 0.25) is 0 Å². The van der Waals surface area contributed by atoms with Gasteiger partial charge in [-0.15, -0.1) is 0 Å². The average molecular weight is 127 g/mol. The first-order valence-corrected chi connectivity index (χ1v) is 2.90. The zero-order valence-corrected chi connectivity index (χ0v) is 5.94. The normalized spacial score (nSPS) is 11.2. The number of rotatable bonds is 2. The number of amidine groups is 1. The van der Waals surface area contributed by atoms with Crippen LogP contribution in [0.25, 0.3) is 0 Å². The second-order valence-electron chi connectivity index (χ2n) is 1.76. The largest absolute Gasteiger partial charge is 0.312 e. The Morgan fingerprint density at radius 3 is 2.67 bits per heavy atom. The molecule has 0 fully saturated rings. The third kappa shape index (κ3) is 3.73. The van der Waals surface area contributed by atoms with Crippen LogP contribution < -0.4 is 11.3 Å². The number of nitrogens with one attached hydrogen (secondary N) is 1. The highest BCUT2D eigenvalue weighted by atomic mass is 15.2. The Kier molecular flexibility index (Phi) is 3.71. The van der Waals surface area contributed by atoms with Crippen LogP contribution in [0.4, 0.5) is 0 Å². The van der Waals surface area contributed by atoms with Gasteiger partial charge in [-0.2, -0.15) is 0 Å². The van der Waals surface area contributed by atoms with Crippen LogP contribution in [0.2, 0.25) is 0 Å². The van der Waals surface area contributed by atoms with Crippen LogP contribution in [0, 0.1) is 0 Å². The maximum Gasteiger partial charge on any atom is 0.113 e. The minimum absolute atomic E-state index is 0.696. The molecule has 0 heterocycles. The summed E-state index contributed by atoms with van der Waals surface area (Å²) in [6.07, 6.45) is 0.860. The number of hydrazine groups is 1. The smallest absolute Gasteiger partial charge is 0.113 e. The van der Waals surface area contributed by atoms with Gasteiger partial charge in [-0.3, -0.25) is 0 Å². The van der Waals surface area contributed by atoms with Gasteiger partial charge in [0.1, 0.15) is 5.84 Å². The number of aliphatic imine (C=N–C) groups is 1. The third-order valence-corrected chi connectivity index (χ3v) is 0.943. The van der Waals surface area contributed by atoms with E-state index < -0.39 is 0 Å². The van der Waals surface area contributed by atoms with Gasteiger partial charge in [0.25, 0.3) is 0 Å². The van der Waals surface area contributed by atoms with Crippen molar-refractivity contribution in [2.24, 2.45) is 10.8 Å². The van der Waals surface area contributed by atoms with E-state index in [0.717, 1.165) is 12.1 Å². The maximum atomic E-state index is 5.05. The number of nitrogens with zero attached hydrogens (tertiary/aromatic N) is 1. The van der Waals surface area contributed by atoms with Crippen molar-refractivity contribution in [2.45, 2.75) is 20.3 Å². The topological polar surface area (TPSA) is 50.4 Å². The van der Waals surface area contributed by atoms with E-state index >= 15 is 0 Å². The highest BCUT2D eigenvalue weighted by Gasteiger charge is 1.85. The molecule has 3 N–H and O–H groups in total. The van der Waals surface area contributed by atoms with Crippen LogP contribution in [0.15, 0.2) is 17.3 Å². The first-order chi connectivity index (χ1) is 4.20. The monoisotopic (exact) mass is 127 g/mol. The molecule has 0 aromatic carbocycles. The van der Waals surface area contributed by atoms with Crippen LogP contribution >= 0.6 is 0 Å². The van der Waals surface area contributed by atoms with Crippen molar-refractivity contribution in [1.82, 2.24) is 5.43 Å². The lowest BCUT2D eigenvalue weighted by molar-refractivity contribution is 0.988. The predicted octanol–water partition coefficient (Wildman–Crippen LogP) is 0.792. The lowest BCUT2D eigenvalue weighted by Gasteiger charge is -1.97. The summed E-state index contributed by atoms with van der Waals surface area (Å²) < 4.78 is 0. The zero-order valence-electron chi connectivity index (χ0n) is 5.94. The van der Waals surface area contributed by atoms with E-state index in [2.05, 4.69) is 17.0 Å². The first kappa shape index (κ1) is 8.17. The Hall–Kier alpha value is -0.830. The van der Waals surface area contributed by atoms with Gasteiger partial charge in [-0.25, -0.2) is 10.8 Å². The lowest BCUT2D eigenvalue weighted by Crippen LogP contribution is -2.27. The molecule has 0 radical (unpaired) electrons. The molecule has 52 valence electrons.